The van der Waals surface area contributed by atoms with Crippen molar-refractivity contribution < 1.29 is 4.21 Å². The molecule has 0 atom stereocenters. The fourth-order valence-corrected chi connectivity index (χ4v) is 4.08. The summed E-state index contributed by atoms with van der Waals surface area (Å²) in [6.45, 7) is 4.88. The molecule has 100 valence electrons. The third-order valence-corrected chi connectivity index (χ3v) is 5.33. The molecule has 0 bridgehead atoms. The Hall–Kier alpha value is 0.0700. The standard InChI is InChI=1S/C13H26N2OS/c16-17-11-5-13(6-12-17)14-7-10-15-8-3-1-2-4-9-15/h13-14H,1-12H2. The highest BCUT2D eigenvalue weighted by atomic mass is 32.2. The van der Waals surface area contributed by atoms with Crippen molar-refractivity contribution >= 4 is 10.8 Å². The zero-order valence-corrected chi connectivity index (χ0v) is 11.6. The van der Waals surface area contributed by atoms with Gasteiger partial charge in [-0.25, -0.2) is 0 Å². The molecule has 4 heteroatoms. The van der Waals surface area contributed by atoms with Crippen molar-refractivity contribution in [2.45, 2.75) is 44.6 Å². The van der Waals surface area contributed by atoms with E-state index < -0.39 is 10.8 Å². The number of nitrogens with zero attached hydrogens (tertiary/aromatic N) is 1. The van der Waals surface area contributed by atoms with E-state index in [1.165, 1.54) is 45.3 Å². The fourth-order valence-electron chi connectivity index (χ4n) is 2.78. The fraction of sp³-hybridized carbons (Fsp3) is 1.00. The molecular weight excluding hydrogens is 232 g/mol. The minimum absolute atomic E-state index is 0.523. The molecule has 2 fully saturated rings. The van der Waals surface area contributed by atoms with E-state index in [1.54, 1.807) is 0 Å². The quantitative estimate of drug-likeness (QED) is 0.826. The molecule has 0 aromatic carbocycles. The van der Waals surface area contributed by atoms with E-state index in [0.717, 1.165) is 30.9 Å². The number of hydrogen-bond acceptors (Lipinski definition) is 3. The van der Waals surface area contributed by atoms with Gasteiger partial charge >= 0.3 is 0 Å². The molecule has 0 aromatic rings. The van der Waals surface area contributed by atoms with Crippen molar-refractivity contribution in [2.75, 3.05) is 37.7 Å². The highest BCUT2D eigenvalue weighted by molar-refractivity contribution is 7.85. The Morgan fingerprint density at radius 3 is 2.35 bits per heavy atom. The minimum Gasteiger partial charge on any atom is -0.313 e. The first-order valence-electron chi connectivity index (χ1n) is 7.15. The van der Waals surface area contributed by atoms with Gasteiger partial charge in [0.15, 0.2) is 0 Å². The summed E-state index contributed by atoms with van der Waals surface area (Å²) in [6, 6.07) is 0.625. The van der Waals surface area contributed by atoms with E-state index in [4.69, 9.17) is 0 Å². The molecule has 0 amide bonds. The molecule has 0 aliphatic carbocycles. The van der Waals surface area contributed by atoms with Crippen LogP contribution in [0.25, 0.3) is 0 Å². The lowest BCUT2D eigenvalue weighted by Crippen LogP contribution is -2.40. The largest absolute Gasteiger partial charge is 0.313 e. The molecule has 2 heterocycles. The number of hydrogen-bond donors (Lipinski definition) is 1. The van der Waals surface area contributed by atoms with Gasteiger partial charge in [-0.3, -0.25) is 4.21 Å². The van der Waals surface area contributed by atoms with E-state index in [-0.39, 0.29) is 0 Å². The highest BCUT2D eigenvalue weighted by Crippen LogP contribution is 2.10. The first-order chi connectivity index (χ1) is 8.34. The van der Waals surface area contributed by atoms with Crippen molar-refractivity contribution in [3.63, 3.8) is 0 Å². The summed E-state index contributed by atoms with van der Waals surface area (Å²) in [5.41, 5.74) is 0. The van der Waals surface area contributed by atoms with Crippen LogP contribution in [0.4, 0.5) is 0 Å². The van der Waals surface area contributed by atoms with Crippen molar-refractivity contribution in [2.24, 2.45) is 0 Å². The normalized spacial score (nSPS) is 32.2. The molecule has 0 spiro atoms. The Balaban J connectivity index is 1.57. The number of likely N-dealkylation sites (tertiary alicyclic amines) is 1. The van der Waals surface area contributed by atoms with Crippen LogP contribution < -0.4 is 5.32 Å². The monoisotopic (exact) mass is 258 g/mol. The molecule has 0 aromatic heterocycles. The predicted molar refractivity (Wildman–Crippen MR) is 73.8 cm³/mol. The van der Waals surface area contributed by atoms with Crippen LogP contribution in [-0.2, 0) is 10.8 Å². The van der Waals surface area contributed by atoms with Crippen LogP contribution in [0.2, 0.25) is 0 Å². The molecule has 1 N–H and O–H groups in total. The van der Waals surface area contributed by atoms with Gasteiger partial charge in [-0.05, 0) is 38.8 Å². The van der Waals surface area contributed by atoms with Crippen molar-refractivity contribution in [1.82, 2.24) is 10.2 Å². The second-order valence-electron chi connectivity index (χ2n) is 5.33. The van der Waals surface area contributed by atoms with E-state index in [9.17, 15) is 4.21 Å². The lowest BCUT2D eigenvalue weighted by Gasteiger charge is -2.25. The lowest BCUT2D eigenvalue weighted by atomic mass is 10.1. The second-order valence-corrected chi connectivity index (χ2v) is 7.03. The Morgan fingerprint density at radius 2 is 1.71 bits per heavy atom. The van der Waals surface area contributed by atoms with E-state index >= 15 is 0 Å². The highest BCUT2D eigenvalue weighted by Gasteiger charge is 2.17. The lowest BCUT2D eigenvalue weighted by molar-refractivity contribution is 0.277. The molecule has 2 aliphatic rings. The van der Waals surface area contributed by atoms with Gasteiger partial charge < -0.3 is 10.2 Å². The maximum Gasteiger partial charge on any atom is 0.0249 e. The average molecular weight is 258 g/mol. The topological polar surface area (TPSA) is 32.3 Å². The van der Waals surface area contributed by atoms with Crippen LogP contribution in [0.5, 0.6) is 0 Å². The van der Waals surface area contributed by atoms with Gasteiger partial charge in [0.1, 0.15) is 0 Å². The first kappa shape index (κ1) is 13.5. The van der Waals surface area contributed by atoms with Crippen LogP contribution in [0.3, 0.4) is 0 Å². The molecule has 0 unspecified atom stereocenters. The number of rotatable bonds is 4. The first-order valence-corrected chi connectivity index (χ1v) is 8.64. The summed E-state index contributed by atoms with van der Waals surface area (Å²) in [4.78, 5) is 2.60. The third kappa shape index (κ3) is 5.06. The van der Waals surface area contributed by atoms with E-state index in [2.05, 4.69) is 10.2 Å². The smallest absolute Gasteiger partial charge is 0.0249 e. The van der Waals surface area contributed by atoms with Crippen LogP contribution >= 0.6 is 0 Å². The molecule has 17 heavy (non-hydrogen) atoms. The van der Waals surface area contributed by atoms with Gasteiger partial charge in [0.25, 0.3) is 0 Å². The minimum atomic E-state index is -0.523. The summed E-state index contributed by atoms with van der Waals surface area (Å²) in [6.07, 6.45) is 7.79. The van der Waals surface area contributed by atoms with Gasteiger partial charge in [-0.15, -0.1) is 0 Å². The molecule has 0 radical (unpaired) electrons. The summed E-state index contributed by atoms with van der Waals surface area (Å²) in [5.74, 6) is 1.81. The third-order valence-electron chi connectivity index (χ3n) is 3.95. The van der Waals surface area contributed by atoms with Gasteiger partial charge in [0.2, 0.25) is 0 Å². The van der Waals surface area contributed by atoms with E-state index in [0.29, 0.717) is 6.04 Å². The Labute approximate surface area is 108 Å². The van der Waals surface area contributed by atoms with Gasteiger partial charge in [-0.1, -0.05) is 12.8 Å². The van der Waals surface area contributed by atoms with Gasteiger partial charge in [-0.2, -0.15) is 0 Å². The zero-order chi connectivity index (χ0) is 11.9. The second kappa shape index (κ2) is 7.49. The zero-order valence-electron chi connectivity index (χ0n) is 10.8. The molecule has 2 aliphatic heterocycles. The Kier molecular flexibility index (Phi) is 5.95. The summed E-state index contributed by atoms with van der Waals surface area (Å²) in [7, 11) is -0.523. The molecule has 3 nitrogen and oxygen atoms in total. The molecular formula is C13H26N2OS. The van der Waals surface area contributed by atoms with Crippen molar-refractivity contribution in [3.8, 4) is 0 Å². The van der Waals surface area contributed by atoms with Crippen LogP contribution in [0.1, 0.15) is 38.5 Å². The summed E-state index contributed by atoms with van der Waals surface area (Å²) in [5, 5.41) is 3.63. The maximum absolute atomic E-state index is 11.2. The summed E-state index contributed by atoms with van der Waals surface area (Å²) >= 11 is 0. The maximum atomic E-state index is 11.2. The molecule has 0 saturated carbocycles. The number of nitrogens with one attached hydrogen (secondary N) is 1. The van der Waals surface area contributed by atoms with Gasteiger partial charge in [0.05, 0.1) is 0 Å². The Morgan fingerprint density at radius 1 is 1.06 bits per heavy atom. The van der Waals surface area contributed by atoms with Crippen LogP contribution in [-0.4, -0.2) is 52.8 Å². The van der Waals surface area contributed by atoms with Crippen LogP contribution in [0.15, 0.2) is 0 Å². The SMILES string of the molecule is O=S1CCC(NCCN2CCCCCC2)CC1. The van der Waals surface area contributed by atoms with E-state index in [1.807, 2.05) is 0 Å². The average Bonchev–Trinajstić information content (AvgIpc) is 2.60. The molecule has 2 saturated heterocycles. The predicted octanol–water partition coefficient (Wildman–Crippen LogP) is 1.36. The van der Waals surface area contributed by atoms with Crippen molar-refractivity contribution in [1.29, 1.82) is 0 Å². The van der Waals surface area contributed by atoms with Gasteiger partial charge in [0, 0.05) is 41.4 Å². The molecule has 2 rings (SSSR count). The van der Waals surface area contributed by atoms with Crippen LogP contribution in [0, 0.1) is 0 Å². The van der Waals surface area contributed by atoms with Crippen molar-refractivity contribution in [3.05, 3.63) is 0 Å². The summed E-state index contributed by atoms with van der Waals surface area (Å²) < 4.78 is 11.2. The Bertz CT molecular complexity index is 230.